The summed E-state index contributed by atoms with van der Waals surface area (Å²) in [6.45, 7) is 4.83. The van der Waals surface area contributed by atoms with E-state index in [2.05, 4.69) is 20.4 Å². The number of amides is 1. The first-order chi connectivity index (χ1) is 11.8. The summed E-state index contributed by atoms with van der Waals surface area (Å²) in [7, 11) is 0. The molecule has 7 nitrogen and oxygen atoms in total. The number of fused-ring (bicyclic) bond motifs is 1. The van der Waals surface area contributed by atoms with Gasteiger partial charge in [0.05, 0.1) is 43.7 Å². The van der Waals surface area contributed by atoms with Crippen molar-refractivity contribution in [3.05, 3.63) is 48.2 Å². The van der Waals surface area contributed by atoms with Gasteiger partial charge in [0, 0.05) is 43.1 Å². The van der Waals surface area contributed by atoms with E-state index in [4.69, 9.17) is 9.15 Å². The highest BCUT2D eigenvalue weighted by Gasteiger charge is 2.50. The lowest BCUT2D eigenvalue weighted by Crippen LogP contribution is -2.43. The number of rotatable bonds is 5. The lowest BCUT2D eigenvalue weighted by atomic mass is 9.81. The molecule has 2 aliphatic heterocycles. The van der Waals surface area contributed by atoms with Crippen LogP contribution in [0.2, 0.25) is 0 Å². The minimum atomic E-state index is -0.113. The zero-order valence-corrected chi connectivity index (χ0v) is 13.4. The van der Waals surface area contributed by atoms with Crippen molar-refractivity contribution in [1.29, 1.82) is 0 Å². The van der Waals surface area contributed by atoms with Gasteiger partial charge in [0.15, 0.2) is 0 Å². The van der Waals surface area contributed by atoms with Gasteiger partial charge in [-0.05, 0) is 12.1 Å². The molecule has 0 aromatic carbocycles. The highest BCUT2D eigenvalue weighted by Crippen LogP contribution is 2.41. The molecule has 2 atom stereocenters. The molecule has 0 aliphatic carbocycles. The zero-order chi connectivity index (χ0) is 16.4. The Kier molecular flexibility index (Phi) is 4.03. The molecule has 7 heteroatoms. The highest BCUT2D eigenvalue weighted by molar-refractivity contribution is 5.93. The van der Waals surface area contributed by atoms with Gasteiger partial charge >= 0.3 is 0 Å². The van der Waals surface area contributed by atoms with Crippen LogP contribution < -0.4 is 5.32 Å². The van der Waals surface area contributed by atoms with Gasteiger partial charge in [-0.1, -0.05) is 0 Å². The van der Waals surface area contributed by atoms with Gasteiger partial charge < -0.3 is 14.5 Å². The maximum Gasteiger partial charge on any atom is 0.252 e. The molecule has 126 valence electrons. The molecule has 2 fully saturated rings. The van der Waals surface area contributed by atoms with E-state index in [1.54, 1.807) is 18.6 Å². The Labute approximate surface area is 140 Å². The second-order valence-electron chi connectivity index (χ2n) is 6.69. The monoisotopic (exact) mass is 328 g/mol. The van der Waals surface area contributed by atoms with Crippen molar-refractivity contribution >= 4 is 5.91 Å². The van der Waals surface area contributed by atoms with Crippen molar-refractivity contribution in [3.63, 3.8) is 0 Å². The Morgan fingerprint density at radius 2 is 2.38 bits per heavy atom. The number of ether oxygens (including phenoxy) is 1. The van der Waals surface area contributed by atoms with Crippen molar-refractivity contribution in [1.82, 2.24) is 20.4 Å². The number of nitrogens with zero attached hydrogens (tertiary/aromatic N) is 3. The van der Waals surface area contributed by atoms with E-state index < -0.39 is 0 Å². The largest absolute Gasteiger partial charge is 0.472 e. The second kappa shape index (κ2) is 6.33. The Hall–Kier alpha value is -2.25. The zero-order valence-electron chi connectivity index (χ0n) is 13.4. The van der Waals surface area contributed by atoms with Gasteiger partial charge in [0.2, 0.25) is 0 Å². The van der Waals surface area contributed by atoms with Gasteiger partial charge in [0.25, 0.3) is 5.91 Å². The average molecular weight is 328 g/mol. The third kappa shape index (κ3) is 2.92. The van der Waals surface area contributed by atoms with Crippen LogP contribution in [0.1, 0.15) is 15.9 Å². The van der Waals surface area contributed by atoms with Crippen molar-refractivity contribution in [2.75, 3.05) is 32.8 Å². The fourth-order valence-corrected chi connectivity index (χ4v) is 3.74. The number of nitrogens with one attached hydrogen (secondary N) is 1. The Morgan fingerprint density at radius 3 is 3.17 bits per heavy atom. The van der Waals surface area contributed by atoms with Gasteiger partial charge in [-0.2, -0.15) is 10.2 Å². The van der Waals surface area contributed by atoms with Gasteiger partial charge in [-0.15, -0.1) is 0 Å². The number of aromatic nitrogens is 2. The van der Waals surface area contributed by atoms with E-state index in [1.165, 1.54) is 18.0 Å². The van der Waals surface area contributed by atoms with Crippen molar-refractivity contribution in [2.24, 2.45) is 11.3 Å². The molecule has 2 aromatic rings. The second-order valence-corrected chi connectivity index (χ2v) is 6.69. The summed E-state index contributed by atoms with van der Waals surface area (Å²) in [5.41, 5.74) is 1.70. The van der Waals surface area contributed by atoms with Gasteiger partial charge in [-0.25, -0.2) is 0 Å². The Bertz CT molecular complexity index is 691. The molecule has 1 amide bonds. The highest BCUT2D eigenvalue weighted by atomic mass is 16.5. The fraction of sp³-hybridized carbons (Fsp3) is 0.471. The summed E-state index contributed by atoms with van der Waals surface area (Å²) in [4.78, 5) is 14.7. The van der Waals surface area contributed by atoms with Crippen LogP contribution in [-0.2, 0) is 11.3 Å². The van der Waals surface area contributed by atoms with Crippen LogP contribution in [0.15, 0.2) is 41.5 Å². The lowest BCUT2D eigenvalue weighted by molar-refractivity contribution is 0.0903. The molecule has 2 aliphatic rings. The molecule has 0 radical (unpaired) electrons. The maximum absolute atomic E-state index is 12.3. The summed E-state index contributed by atoms with van der Waals surface area (Å²) in [5.74, 6) is 0.332. The predicted octanol–water partition coefficient (Wildman–Crippen LogP) is 0.948. The van der Waals surface area contributed by atoms with Crippen molar-refractivity contribution in [2.45, 2.75) is 6.54 Å². The van der Waals surface area contributed by atoms with E-state index in [9.17, 15) is 4.79 Å². The first-order valence-electron chi connectivity index (χ1n) is 8.11. The van der Waals surface area contributed by atoms with Crippen molar-refractivity contribution < 1.29 is 13.9 Å². The summed E-state index contributed by atoms with van der Waals surface area (Å²) in [6, 6.07) is 3.66. The average Bonchev–Trinajstić information content (AvgIpc) is 3.30. The fourth-order valence-electron chi connectivity index (χ4n) is 3.74. The minimum Gasteiger partial charge on any atom is -0.472 e. The number of hydrogen-bond donors (Lipinski definition) is 1. The molecule has 0 spiro atoms. The molecular formula is C17H20N4O3. The van der Waals surface area contributed by atoms with Crippen LogP contribution in [0.3, 0.4) is 0 Å². The third-order valence-electron chi connectivity index (χ3n) is 5.03. The molecular weight excluding hydrogens is 308 g/mol. The van der Waals surface area contributed by atoms with Crippen LogP contribution in [0, 0.1) is 11.3 Å². The molecule has 4 heterocycles. The molecule has 2 aromatic heterocycles. The number of furan rings is 1. The molecule has 2 saturated heterocycles. The van der Waals surface area contributed by atoms with E-state index in [0.29, 0.717) is 24.6 Å². The minimum absolute atomic E-state index is 0.0140. The van der Waals surface area contributed by atoms with Crippen LogP contribution in [-0.4, -0.2) is 53.9 Å². The number of carbonyl (C=O) groups is 1. The van der Waals surface area contributed by atoms with Crippen LogP contribution in [0.25, 0.3) is 0 Å². The molecule has 1 N–H and O–H groups in total. The first-order valence-corrected chi connectivity index (χ1v) is 8.11. The number of hydrogen-bond acceptors (Lipinski definition) is 6. The smallest absolute Gasteiger partial charge is 0.252 e. The van der Waals surface area contributed by atoms with Crippen LogP contribution in [0.4, 0.5) is 0 Å². The number of likely N-dealkylation sites (tertiary alicyclic amines) is 1. The van der Waals surface area contributed by atoms with E-state index in [0.717, 1.165) is 26.2 Å². The SMILES string of the molecule is O=C(NC[C@@]12COC[C@@H]1CN(Cc1ccoc1)C2)c1ccnnc1. The summed E-state index contributed by atoms with van der Waals surface area (Å²) in [6.07, 6.45) is 6.50. The summed E-state index contributed by atoms with van der Waals surface area (Å²) >= 11 is 0. The molecule has 4 rings (SSSR count). The normalized spacial score (nSPS) is 26.4. The van der Waals surface area contributed by atoms with Crippen LogP contribution in [0.5, 0.6) is 0 Å². The van der Waals surface area contributed by atoms with E-state index in [1.807, 2.05) is 6.07 Å². The Balaban J connectivity index is 1.40. The summed E-state index contributed by atoms with van der Waals surface area (Å²) < 4.78 is 10.9. The molecule has 0 saturated carbocycles. The third-order valence-corrected chi connectivity index (χ3v) is 5.03. The quantitative estimate of drug-likeness (QED) is 0.880. The first kappa shape index (κ1) is 15.3. The topological polar surface area (TPSA) is 80.5 Å². The number of carbonyl (C=O) groups excluding carboxylic acids is 1. The van der Waals surface area contributed by atoms with Gasteiger partial charge in [-0.3, -0.25) is 9.69 Å². The van der Waals surface area contributed by atoms with Gasteiger partial charge in [0.1, 0.15) is 0 Å². The van der Waals surface area contributed by atoms with E-state index >= 15 is 0 Å². The van der Waals surface area contributed by atoms with E-state index in [-0.39, 0.29) is 11.3 Å². The lowest BCUT2D eigenvalue weighted by Gasteiger charge is -2.27. The van der Waals surface area contributed by atoms with Crippen LogP contribution >= 0.6 is 0 Å². The molecule has 24 heavy (non-hydrogen) atoms. The van der Waals surface area contributed by atoms with Crippen molar-refractivity contribution in [3.8, 4) is 0 Å². The molecule has 0 unspecified atom stereocenters. The molecule has 0 bridgehead atoms. The standard InChI is InChI=1S/C17H20N4O3/c22-16(14-1-3-19-20-5-14)18-10-17-11-21(6-13-2-4-23-8-13)7-15(17)9-24-12-17/h1-5,8,15H,6-7,9-12H2,(H,18,22)/t15-,17+/m0/s1. The summed E-state index contributed by atoms with van der Waals surface area (Å²) in [5, 5.41) is 10.5. The Morgan fingerprint density at radius 1 is 1.42 bits per heavy atom. The predicted molar refractivity (Wildman–Crippen MR) is 85.1 cm³/mol. The maximum atomic E-state index is 12.3.